The van der Waals surface area contributed by atoms with Gasteiger partial charge in [0, 0.05) is 0 Å². The van der Waals surface area contributed by atoms with Gasteiger partial charge in [0.1, 0.15) is 0 Å². The van der Waals surface area contributed by atoms with E-state index in [0.29, 0.717) is 0 Å². The molecule has 6 rings (SSSR count). The summed E-state index contributed by atoms with van der Waals surface area (Å²) in [5, 5.41) is 0. The maximum atomic E-state index is 4.63. The molecule has 5 heteroatoms. The molecule has 0 N–H and O–H groups in total. The molecule has 0 aromatic heterocycles. The van der Waals surface area contributed by atoms with Crippen LogP contribution in [0.4, 0.5) is 0 Å². The van der Waals surface area contributed by atoms with E-state index in [-0.39, 0.29) is 0 Å². The van der Waals surface area contributed by atoms with Crippen LogP contribution in [0.5, 0.6) is 0 Å². The van der Waals surface area contributed by atoms with Crippen LogP contribution in [0, 0.1) is 0 Å². The van der Waals surface area contributed by atoms with E-state index in [9.17, 15) is 0 Å². The predicted octanol–water partition coefficient (Wildman–Crippen LogP) is 10.0. The Kier molecular flexibility index (Phi) is 11.8. The summed E-state index contributed by atoms with van der Waals surface area (Å²) in [5.41, 5.74) is 9.05. The highest BCUT2D eigenvalue weighted by molar-refractivity contribution is 6.09. The third kappa shape index (κ3) is 10.9. The number of hydrogen-bond acceptors (Lipinski definition) is 5. The standard InChI is InChI=1S/C45H35N5/c1-6-16-36-26-28-38(46-36)18-8-2-10-20-40-30-32-42(48-40)22-12-4-14-24-44-34-35-45(50-44)25-15-5-13-23-43-33-31-41(49-43)21-11-3-9-19-39-29-27-37(47-39)17-7-1/h1-35H/b6-1+,7-1?,8-2?,9-3+,10-2+,11-3?,12-4?,13-5+,14-4+,15-5?,16-6?,17-7+,18-8+,19-9?,20-10?,21-11+,22-12+,23-13?,24-14?,25-15+,36-16-,37-17?,38-18?,39-19-,40-20-,41-21?,42-22?,43-23-,44-24-,45-25?. The van der Waals surface area contributed by atoms with Crippen LogP contribution in [0.25, 0.3) is 0 Å². The fourth-order valence-corrected chi connectivity index (χ4v) is 4.76. The van der Waals surface area contributed by atoms with Crippen LogP contribution < -0.4 is 0 Å². The van der Waals surface area contributed by atoms with E-state index in [1.54, 1.807) is 0 Å². The molecule has 0 unspecified atom stereocenters. The lowest BCUT2D eigenvalue weighted by molar-refractivity contribution is 1.45. The molecular weight excluding hydrogens is 611 g/mol. The molecule has 0 aromatic rings. The topological polar surface area (TPSA) is 61.8 Å². The third-order valence-corrected chi connectivity index (χ3v) is 7.20. The van der Waals surface area contributed by atoms with E-state index in [1.165, 1.54) is 0 Å². The van der Waals surface area contributed by atoms with Crippen molar-refractivity contribution in [1.29, 1.82) is 0 Å². The smallest absolute Gasteiger partial charge is 0.0637 e. The van der Waals surface area contributed by atoms with Crippen molar-refractivity contribution in [2.45, 2.75) is 0 Å². The van der Waals surface area contributed by atoms with Gasteiger partial charge < -0.3 is 0 Å². The van der Waals surface area contributed by atoms with Crippen LogP contribution in [0.1, 0.15) is 0 Å². The largest absolute Gasteiger partial charge is 0.249 e. The summed E-state index contributed by atoms with van der Waals surface area (Å²) < 4.78 is 0. The monoisotopic (exact) mass is 645 g/mol. The lowest BCUT2D eigenvalue weighted by Gasteiger charge is -1.87. The average molecular weight is 646 g/mol. The van der Waals surface area contributed by atoms with Crippen molar-refractivity contribution in [3.63, 3.8) is 0 Å². The summed E-state index contributed by atoms with van der Waals surface area (Å²) in [7, 11) is 0. The molecule has 0 saturated carbocycles. The molecule has 5 nitrogen and oxygen atoms in total. The summed E-state index contributed by atoms with van der Waals surface area (Å²) in [4.78, 5) is 23.2. The van der Waals surface area contributed by atoms with E-state index < -0.39 is 0 Å². The number of nitrogens with zero attached hydrogens (tertiary/aromatic N) is 5. The Hall–Kier alpha value is -6.85. The van der Waals surface area contributed by atoms with E-state index in [1.807, 2.05) is 213 Å². The van der Waals surface area contributed by atoms with Gasteiger partial charge in [0.2, 0.25) is 0 Å². The maximum absolute atomic E-state index is 4.63. The van der Waals surface area contributed by atoms with Gasteiger partial charge in [0.05, 0.1) is 57.0 Å². The lowest BCUT2D eigenvalue weighted by atomic mass is 10.3. The van der Waals surface area contributed by atoms with Crippen LogP contribution in [0.3, 0.4) is 0 Å². The summed E-state index contributed by atoms with van der Waals surface area (Å²) >= 11 is 0. The summed E-state index contributed by atoms with van der Waals surface area (Å²) in [5.74, 6) is 0. The number of fused-ring (bicyclic) bond motifs is 5. The Bertz CT molecular complexity index is 1800. The SMILES string of the molecule is C1=C/C2=C/C=C/C=C/C3=NC(=C/C=C/C=C/C4=NC(=C/C=C/C=C/C5=NC(=C/C=C/C=C/C6=NC(=C/C=C/C=C/C1=N2)\C=C6)\C=C5)\C=C4)\C=C3. The van der Waals surface area contributed by atoms with E-state index in [4.69, 9.17) is 0 Å². The Balaban J connectivity index is 1.13. The highest BCUT2D eigenvalue weighted by Crippen LogP contribution is 2.14. The van der Waals surface area contributed by atoms with Crippen molar-refractivity contribution in [1.82, 2.24) is 0 Å². The van der Waals surface area contributed by atoms with Crippen molar-refractivity contribution in [3.05, 3.63) is 241 Å². The molecule has 6 heterocycles. The van der Waals surface area contributed by atoms with Crippen LogP contribution in [-0.2, 0) is 0 Å². The molecular formula is C45H35N5. The first kappa shape index (κ1) is 33.1. The van der Waals surface area contributed by atoms with E-state index in [0.717, 1.165) is 57.0 Å². The molecule has 6 aliphatic rings. The third-order valence-electron chi connectivity index (χ3n) is 7.20. The molecule has 0 radical (unpaired) electrons. The predicted molar refractivity (Wildman–Crippen MR) is 215 cm³/mol. The summed E-state index contributed by atoms with van der Waals surface area (Å²) in [6.45, 7) is 0. The zero-order chi connectivity index (χ0) is 34.1. The van der Waals surface area contributed by atoms with Crippen LogP contribution >= 0.6 is 0 Å². The van der Waals surface area contributed by atoms with Gasteiger partial charge in [-0.3, -0.25) is 0 Å². The Morgan fingerprint density at radius 1 is 0.180 bits per heavy atom. The van der Waals surface area contributed by atoms with Crippen molar-refractivity contribution >= 4 is 28.6 Å². The normalized spacial score (nSPS) is 31.6. The van der Waals surface area contributed by atoms with Crippen molar-refractivity contribution in [2.24, 2.45) is 25.0 Å². The van der Waals surface area contributed by atoms with E-state index >= 15 is 0 Å². The first-order chi connectivity index (χ1) is 24.7. The minimum atomic E-state index is 0.905. The summed E-state index contributed by atoms with van der Waals surface area (Å²) in [6, 6.07) is 0. The molecule has 6 aliphatic heterocycles. The Morgan fingerprint density at radius 3 is 0.580 bits per heavy atom. The molecule has 240 valence electrons. The number of hydrogen-bond donors (Lipinski definition) is 0. The molecule has 0 saturated heterocycles. The average Bonchev–Trinajstić information content (AvgIpc) is 3.97. The van der Waals surface area contributed by atoms with E-state index in [2.05, 4.69) is 25.0 Å². The van der Waals surface area contributed by atoms with Crippen molar-refractivity contribution in [2.75, 3.05) is 0 Å². The highest BCUT2D eigenvalue weighted by Gasteiger charge is 2.02. The van der Waals surface area contributed by atoms with Gasteiger partial charge in [-0.05, 0) is 122 Å². The van der Waals surface area contributed by atoms with Crippen molar-refractivity contribution in [3.8, 4) is 0 Å². The van der Waals surface area contributed by atoms with Crippen LogP contribution in [0.2, 0.25) is 0 Å². The van der Waals surface area contributed by atoms with Gasteiger partial charge in [0.25, 0.3) is 0 Å². The lowest BCUT2D eigenvalue weighted by Crippen LogP contribution is -1.81. The van der Waals surface area contributed by atoms with Crippen LogP contribution in [0.15, 0.2) is 266 Å². The fraction of sp³-hybridized carbons (Fsp3) is 0. The highest BCUT2D eigenvalue weighted by atomic mass is 14.8. The van der Waals surface area contributed by atoms with Crippen LogP contribution in [-0.4, -0.2) is 28.6 Å². The zero-order valence-electron chi connectivity index (χ0n) is 27.4. The molecule has 0 atom stereocenters. The first-order valence-electron chi connectivity index (χ1n) is 16.3. The van der Waals surface area contributed by atoms with Gasteiger partial charge in [-0.15, -0.1) is 0 Å². The second kappa shape index (κ2) is 17.9. The molecule has 10 bridgehead atoms. The number of allylic oxidation sites excluding steroid dienone is 35. The zero-order valence-corrected chi connectivity index (χ0v) is 27.4. The van der Waals surface area contributed by atoms with Crippen molar-refractivity contribution < 1.29 is 0 Å². The number of rotatable bonds is 0. The Labute approximate surface area is 293 Å². The Morgan fingerprint density at radius 2 is 0.380 bits per heavy atom. The second-order valence-corrected chi connectivity index (χ2v) is 11.0. The van der Waals surface area contributed by atoms with Gasteiger partial charge in [0.15, 0.2) is 0 Å². The van der Waals surface area contributed by atoms with Gasteiger partial charge in [-0.1, -0.05) is 91.1 Å². The molecule has 0 amide bonds. The fourth-order valence-electron chi connectivity index (χ4n) is 4.76. The van der Waals surface area contributed by atoms with Gasteiger partial charge in [-0.2, -0.15) is 0 Å². The second-order valence-electron chi connectivity index (χ2n) is 11.0. The molecule has 50 heavy (non-hydrogen) atoms. The molecule has 0 spiro atoms. The molecule has 0 fully saturated rings. The summed E-state index contributed by atoms with van der Waals surface area (Å²) in [6.07, 6.45) is 69.5. The van der Waals surface area contributed by atoms with Gasteiger partial charge >= 0.3 is 0 Å². The first-order valence-corrected chi connectivity index (χ1v) is 16.3. The number of aliphatic imine (C=N–C) groups is 5. The molecule has 0 aromatic carbocycles. The van der Waals surface area contributed by atoms with Gasteiger partial charge in [-0.25, -0.2) is 25.0 Å². The minimum Gasteiger partial charge on any atom is -0.249 e. The quantitative estimate of drug-likeness (QED) is 0.252. The molecule has 0 aliphatic carbocycles. The minimum absolute atomic E-state index is 0.905. The maximum Gasteiger partial charge on any atom is 0.0637 e.